The van der Waals surface area contributed by atoms with Gasteiger partial charge >= 0.3 is 0 Å². The van der Waals surface area contributed by atoms with Crippen molar-refractivity contribution in [2.75, 3.05) is 19.0 Å². The quantitative estimate of drug-likeness (QED) is 0.866. The lowest BCUT2D eigenvalue weighted by molar-refractivity contribution is 0.311. The van der Waals surface area contributed by atoms with E-state index in [1.54, 1.807) is 13.2 Å². The lowest BCUT2D eigenvalue weighted by Gasteiger charge is -2.13. The predicted molar refractivity (Wildman–Crippen MR) is 82.6 cm³/mol. The third-order valence-corrected chi connectivity index (χ3v) is 3.25. The number of benzene rings is 2. The van der Waals surface area contributed by atoms with Gasteiger partial charge in [-0.25, -0.2) is 4.39 Å². The maximum atomic E-state index is 13.1. The van der Waals surface area contributed by atoms with Gasteiger partial charge in [-0.3, -0.25) is 0 Å². The molecule has 1 N–H and O–H groups in total. The van der Waals surface area contributed by atoms with Crippen LogP contribution in [0.1, 0.15) is 18.1 Å². The lowest BCUT2D eigenvalue weighted by Crippen LogP contribution is -2.03. The molecule has 112 valence electrons. The zero-order valence-electron chi connectivity index (χ0n) is 12.6. The molecule has 0 heterocycles. The first kappa shape index (κ1) is 15.2. The van der Waals surface area contributed by atoms with Crippen molar-refractivity contribution in [3.05, 3.63) is 53.3 Å². The summed E-state index contributed by atoms with van der Waals surface area (Å²) in [7, 11) is 1.62. The fraction of sp³-hybridized carbons (Fsp3) is 0.294. The zero-order chi connectivity index (χ0) is 15.2. The van der Waals surface area contributed by atoms with E-state index in [1.165, 1.54) is 12.1 Å². The topological polar surface area (TPSA) is 30.5 Å². The van der Waals surface area contributed by atoms with Crippen molar-refractivity contribution < 1.29 is 13.9 Å². The Hall–Kier alpha value is -2.23. The lowest BCUT2D eigenvalue weighted by atomic mass is 10.1. The van der Waals surface area contributed by atoms with E-state index in [2.05, 4.69) is 5.32 Å². The third-order valence-electron chi connectivity index (χ3n) is 3.25. The van der Waals surface area contributed by atoms with Crippen molar-refractivity contribution in [3.63, 3.8) is 0 Å². The molecular weight excluding hydrogens is 269 g/mol. The molecular formula is C17H20FNO2. The Kier molecular flexibility index (Phi) is 5.04. The monoisotopic (exact) mass is 289 g/mol. The van der Waals surface area contributed by atoms with Crippen LogP contribution in [-0.4, -0.2) is 13.7 Å². The molecule has 0 fully saturated rings. The Morgan fingerprint density at radius 3 is 2.57 bits per heavy atom. The maximum Gasteiger partial charge on any atom is 0.163 e. The van der Waals surface area contributed by atoms with Crippen molar-refractivity contribution in [1.82, 2.24) is 0 Å². The smallest absolute Gasteiger partial charge is 0.163 e. The van der Waals surface area contributed by atoms with E-state index < -0.39 is 0 Å². The SMILES string of the molecule is CCOc1cc(NCc2ccc(F)cc2C)ccc1OC. The van der Waals surface area contributed by atoms with Crippen LogP contribution in [0.3, 0.4) is 0 Å². The van der Waals surface area contributed by atoms with Gasteiger partial charge in [-0.05, 0) is 49.2 Å². The number of ether oxygens (including phenoxy) is 2. The van der Waals surface area contributed by atoms with Crippen molar-refractivity contribution in [3.8, 4) is 11.5 Å². The fourth-order valence-electron chi connectivity index (χ4n) is 2.11. The van der Waals surface area contributed by atoms with Crippen LogP contribution in [-0.2, 0) is 6.54 Å². The zero-order valence-corrected chi connectivity index (χ0v) is 12.6. The Morgan fingerprint density at radius 2 is 1.90 bits per heavy atom. The standard InChI is InChI=1S/C17H20FNO2/c1-4-21-17-10-15(7-8-16(17)20-3)19-11-13-5-6-14(18)9-12(13)2/h5-10,19H,4,11H2,1-3H3. The Bertz CT molecular complexity index is 614. The summed E-state index contributed by atoms with van der Waals surface area (Å²) < 4.78 is 23.9. The summed E-state index contributed by atoms with van der Waals surface area (Å²) in [5.41, 5.74) is 2.93. The molecule has 0 spiro atoms. The van der Waals surface area contributed by atoms with Crippen LogP contribution in [0, 0.1) is 12.7 Å². The molecule has 2 rings (SSSR count). The van der Waals surface area contributed by atoms with Crippen molar-refractivity contribution in [1.29, 1.82) is 0 Å². The molecule has 0 radical (unpaired) electrons. The molecule has 0 amide bonds. The number of rotatable bonds is 6. The summed E-state index contributed by atoms with van der Waals surface area (Å²) in [6.07, 6.45) is 0. The molecule has 0 aliphatic rings. The van der Waals surface area contributed by atoms with Gasteiger partial charge in [-0.15, -0.1) is 0 Å². The van der Waals surface area contributed by atoms with Crippen molar-refractivity contribution in [2.45, 2.75) is 20.4 Å². The fourth-order valence-corrected chi connectivity index (χ4v) is 2.11. The van der Waals surface area contributed by atoms with Gasteiger partial charge in [0.15, 0.2) is 11.5 Å². The highest BCUT2D eigenvalue weighted by molar-refractivity contribution is 5.55. The summed E-state index contributed by atoms with van der Waals surface area (Å²) in [4.78, 5) is 0. The van der Waals surface area contributed by atoms with E-state index in [-0.39, 0.29) is 5.82 Å². The van der Waals surface area contributed by atoms with Gasteiger partial charge in [-0.1, -0.05) is 6.07 Å². The van der Waals surface area contributed by atoms with Crippen LogP contribution in [0.2, 0.25) is 0 Å². The number of hydrogen-bond donors (Lipinski definition) is 1. The molecule has 0 aliphatic carbocycles. The first-order chi connectivity index (χ1) is 10.1. The highest BCUT2D eigenvalue weighted by Gasteiger charge is 2.06. The Labute approximate surface area is 124 Å². The van der Waals surface area contributed by atoms with Crippen LogP contribution in [0.4, 0.5) is 10.1 Å². The molecule has 0 saturated carbocycles. The molecule has 0 bridgehead atoms. The van der Waals surface area contributed by atoms with Crippen LogP contribution >= 0.6 is 0 Å². The minimum absolute atomic E-state index is 0.209. The summed E-state index contributed by atoms with van der Waals surface area (Å²) >= 11 is 0. The van der Waals surface area contributed by atoms with Crippen LogP contribution in [0.5, 0.6) is 11.5 Å². The maximum absolute atomic E-state index is 13.1. The van der Waals surface area contributed by atoms with Crippen LogP contribution < -0.4 is 14.8 Å². The second-order valence-electron chi connectivity index (χ2n) is 4.72. The van der Waals surface area contributed by atoms with Gasteiger partial charge in [0.25, 0.3) is 0 Å². The molecule has 4 heteroatoms. The van der Waals surface area contributed by atoms with E-state index in [0.29, 0.717) is 24.7 Å². The number of halogens is 1. The highest BCUT2D eigenvalue weighted by Crippen LogP contribution is 2.30. The molecule has 21 heavy (non-hydrogen) atoms. The summed E-state index contributed by atoms with van der Waals surface area (Å²) in [5.74, 6) is 1.21. The van der Waals surface area contributed by atoms with Crippen molar-refractivity contribution in [2.24, 2.45) is 0 Å². The molecule has 2 aromatic carbocycles. The van der Waals surface area contributed by atoms with Gasteiger partial charge in [0.05, 0.1) is 13.7 Å². The van der Waals surface area contributed by atoms with E-state index >= 15 is 0 Å². The third kappa shape index (κ3) is 3.88. The molecule has 0 aliphatic heterocycles. The highest BCUT2D eigenvalue weighted by atomic mass is 19.1. The summed E-state index contributed by atoms with van der Waals surface area (Å²) in [6.45, 7) is 5.04. The number of nitrogens with one attached hydrogen (secondary N) is 1. The molecule has 3 nitrogen and oxygen atoms in total. The van der Waals surface area contributed by atoms with E-state index in [1.807, 2.05) is 32.0 Å². The second-order valence-corrected chi connectivity index (χ2v) is 4.72. The minimum Gasteiger partial charge on any atom is -0.493 e. The Morgan fingerprint density at radius 1 is 1.10 bits per heavy atom. The number of hydrogen-bond acceptors (Lipinski definition) is 3. The van der Waals surface area contributed by atoms with Crippen LogP contribution in [0.25, 0.3) is 0 Å². The Balaban J connectivity index is 2.10. The first-order valence-electron chi connectivity index (χ1n) is 6.93. The number of methoxy groups -OCH3 is 1. The first-order valence-corrected chi connectivity index (χ1v) is 6.93. The number of anilines is 1. The summed E-state index contributed by atoms with van der Waals surface area (Å²) in [5, 5.41) is 3.31. The van der Waals surface area contributed by atoms with Gasteiger partial charge < -0.3 is 14.8 Å². The van der Waals surface area contributed by atoms with E-state index in [0.717, 1.165) is 16.8 Å². The molecule has 0 atom stereocenters. The number of aryl methyl sites for hydroxylation is 1. The minimum atomic E-state index is -0.209. The van der Waals surface area contributed by atoms with E-state index in [9.17, 15) is 4.39 Å². The van der Waals surface area contributed by atoms with Gasteiger partial charge in [0.2, 0.25) is 0 Å². The molecule has 0 aromatic heterocycles. The molecule has 2 aromatic rings. The second kappa shape index (κ2) is 6.97. The van der Waals surface area contributed by atoms with E-state index in [4.69, 9.17) is 9.47 Å². The van der Waals surface area contributed by atoms with Gasteiger partial charge in [-0.2, -0.15) is 0 Å². The molecule has 0 saturated heterocycles. The van der Waals surface area contributed by atoms with Crippen LogP contribution in [0.15, 0.2) is 36.4 Å². The molecule has 0 unspecified atom stereocenters. The average molecular weight is 289 g/mol. The normalized spacial score (nSPS) is 10.3. The van der Waals surface area contributed by atoms with Gasteiger partial charge in [0.1, 0.15) is 5.82 Å². The largest absolute Gasteiger partial charge is 0.493 e. The van der Waals surface area contributed by atoms with Crippen molar-refractivity contribution >= 4 is 5.69 Å². The summed E-state index contributed by atoms with van der Waals surface area (Å²) in [6, 6.07) is 10.5. The predicted octanol–water partition coefficient (Wildman–Crippen LogP) is 4.15. The average Bonchev–Trinajstić information content (AvgIpc) is 2.47. The van der Waals surface area contributed by atoms with Gasteiger partial charge in [0, 0.05) is 18.3 Å².